The second kappa shape index (κ2) is 6.44. The molecule has 0 bridgehead atoms. The van der Waals surface area contributed by atoms with Crippen LogP contribution < -0.4 is 4.74 Å². The smallest absolute Gasteiger partial charge is 0.360 e. The third-order valence-corrected chi connectivity index (χ3v) is 4.92. The molecule has 25 heavy (non-hydrogen) atoms. The van der Waals surface area contributed by atoms with Gasteiger partial charge < -0.3 is 9.47 Å². The third-order valence-electron chi connectivity index (χ3n) is 4.42. The number of ketones is 1. The Bertz CT molecular complexity index is 906. The lowest BCUT2D eigenvalue weighted by Crippen LogP contribution is -2.44. The van der Waals surface area contributed by atoms with Gasteiger partial charge >= 0.3 is 5.97 Å². The van der Waals surface area contributed by atoms with Crippen molar-refractivity contribution in [1.82, 2.24) is 0 Å². The molecule has 2 aromatic carbocycles. The van der Waals surface area contributed by atoms with Crippen LogP contribution in [0.15, 0.2) is 51.9 Å². The fraction of sp³-hybridized carbons (Fsp3) is 0.211. The van der Waals surface area contributed by atoms with Crippen LogP contribution in [0.3, 0.4) is 0 Å². The largest absolute Gasteiger partial charge is 0.497 e. The molecule has 0 radical (unpaired) electrons. The Balaban J connectivity index is 2.32. The lowest BCUT2D eigenvalue weighted by molar-refractivity contribution is -0.133. The summed E-state index contributed by atoms with van der Waals surface area (Å²) in [5, 5.41) is 0. The highest BCUT2D eigenvalue weighted by molar-refractivity contribution is 9.10. The van der Waals surface area contributed by atoms with Gasteiger partial charge in [0.1, 0.15) is 5.75 Å². The van der Waals surface area contributed by atoms with Gasteiger partial charge in [0.2, 0.25) is 5.78 Å². The number of rotatable bonds is 3. The average Bonchev–Trinajstić information content (AvgIpc) is 2.63. The number of ether oxygens (including phenoxy) is 2. The van der Waals surface area contributed by atoms with E-state index in [1.807, 2.05) is 24.3 Å². The van der Waals surface area contributed by atoms with E-state index in [4.69, 9.17) is 9.47 Å². The molecule has 1 atom stereocenters. The first kappa shape index (κ1) is 17.4. The average molecular weight is 402 g/mol. The maximum Gasteiger partial charge on any atom is 0.360 e. The summed E-state index contributed by atoms with van der Waals surface area (Å²) in [6.45, 7) is 1.78. The fourth-order valence-electron chi connectivity index (χ4n) is 2.99. The van der Waals surface area contributed by atoms with Crippen LogP contribution >= 0.6 is 15.9 Å². The summed E-state index contributed by atoms with van der Waals surface area (Å²) in [7, 11) is 2.80. The van der Waals surface area contributed by atoms with Crippen LogP contribution in [0.5, 0.6) is 5.75 Å². The van der Waals surface area contributed by atoms with Crippen molar-refractivity contribution in [2.24, 2.45) is 4.99 Å². The summed E-state index contributed by atoms with van der Waals surface area (Å²) in [4.78, 5) is 29.6. The van der Waals surface area contributed by atoms with Crippen molar-refractivity contribution in [3.05, 3.63) is 58.1 Å². The molecule has 0 amide bonds. The SMILES string of the molecule is COC(=O)C1=Nc2ccc(OC)cc2C(C)(c2cccc(Br)c2)C1=O. The van der Waals surface area contributed by atoms with E-state index in [1.54, 1.807) is 32.2 Å². The monoisotopic (exact) mass is 401 g/mol. The van der Waals surface area contributed by atoms with Crippen molar-refractivity contribution in [3.8, 4) is 5.75 Å². The molecule has 1 heterocycles. The summed E-state index contributed by atoms with van der Waals surface area (Å²) in [6.07, 6.45) is 0. The van der Waals surface area contributed by atoms with Gasteiger partial charge in [0.05, 0.1) is 25.3 Å². The minimum Gasteiger partial charge on any atom is -0.497 e. The van der Waals surface area contributed by atoms with Crippen LogP contribution in [0.25, 0.3) is 0 Å². The molecular weight excluding hydrogens is 386 g/mol. The molecule has 3 rings (SSSR count). The fourth-order valence-corrected chi connectivity index (χ4v) is 3.39. The van der Waals surface area contributed by atoms with Gasteiger partial charge in [-0.05, 0) is 48.4 Å². The molecule has 0 spiro atoms. The first-order valence-electron chi connectivity index (χ1n) is 7.58. The first-order valence-corrected chi connectivity index (χ1v) is 8.37. The highest BCUT2D eigenvalue weighted by Crippen LogP contribution is 2.44. The number of hydrogen-bond acceptors (Lipinski definition) is 5. The van der Waals surface area contributed by atoms with Crippen molar-refractivity contribution in [3.63, 3.8) is 0 Å². The molecular formula is C19H16BrNO4. The van der Waals surface area contributed by atoms with E-state index in [0.29, 0.717) is 17.0 Å². The van der Waals surface area contributed by atoms with E-state index in [9.17, 15) is 9.59 Å². The van der Waals surface area contributed by atoms with Crippen molar-refractivity contribution in [1.29, 1.82) is 0 Å². The van der Waals surface area contributed by atoms with Crippen molar-refractivity contribution in [2.75, 3.05) is 14.2 Å². The number of Topliss-reactive ketones (excluding diaryl/α,β-unsaturated/α-hetero) is 1. The number of fused-ring (bicyclic) bond motifs is 1. The van der Waals surface area contributed by atoms with E-state index in [2.05, 4.69) is 20.9 Å². The number of hydrogen-bond donors (Lipinski definition) is 0. The Morgan fingerprint density at radius 1 is 1.16 bits per heavy atom. The highest BCUT2D eigenvalue weighted by Gasteiger charge is 2.46. The lowest BCUT2D eigenvalue weighted by atomic mass is 9.69. The third kappa shape index (κ3) is 2.76. The van der Waals surface area contributed by atoms with Crippen LogP contribution in [-0.2, 0) is 19.7 Å². The zero-order valence-electron chi connectivity index (χ0n) is 14.0. The van der Waals surface area contributed by atoms with Gasteiger partial charge in [-0.25, -0.2) is 9.79 Å². The number of carbonyl (C=O) groups is 2. The van der Waals surface area contributed by atoms with Crippen LogP contribution in [0, 0.1) is 0 Å². The molecule has 128 valence electrons. The molecule has 6 heteroatoms. The molecule has 1 aliphatic rings. The van der Waals surface area contributed by atoms with Gasteiger partial charge in [-0.3, -0.25) is 4.79 Å². The summed E-state index contributed by atoms with van der Waals surface area (Å²) in [5.74, 6) is -0.532. The first-order chi connectivity index (χ1) is 11.9. The summed E-state index contributed by atoms with van der Waals surface area (Å²) in [6, 6.07) is 12.7. The van der Waals surface area contributed by atoms with E-state index in [0.717, 1.165) is 10.0 Å². The number of carbonyl (C=O) groups excluding carboxylic acids is 2. The van der Waals surface area contributed by atoms with Gasteiger partial charge in [-0.15, -0.1) is 0 Å². The molecule has 1 unspecified atom stereocenters. The summed E-state index contributed by atoms with van der Waals surface area (Å²) in [5.41, 5.74) is 0.685. The molecule has 0 fully saturated rings. The Kier molecular flexibility index (Phi) is 4.47. The van der Waals surface area contributed by atoms with Crippen molar-refractivity contribution in [2.45, 2.75) is 12.3 Å². The van der Waals surface area contributed by atoms with E-state index < -0.39 is 17.2 Å². The maximum absolute atomic E-state index is 13.2. The minimum atomic E-state index is -1.08. The number of aliphatic imine (C=N–C) groups is 1. The summed E-state index contributed by atoms with van der Waals surface area (Å²) >= 11 is 3.44. The van der Waals surface area contributed by atoms with Crippen LogP contribution in [-0.4, -0.2) is 31.7 Å². The Morgan fingerprint density at radius 3 is 2.56 bits per heavy atom. The Hall–Kier alpha value is -2.47. The number of benzene rings is 2. The van der Waals surface area contributed by atoms with Gasteiger partial charge in [-0.1, -0.05) is 28.1 Å². The normalized spacial score (nSPS) is 19.0. The predicted molar refractivity (Wildman–Crippen MR) is 97.7 cm³/mol. The lowest BCUT2D eigenvalue weighted by Gasteiger charge is -2.33. The van der Waals surface area contributed by atoms with E-state index in [-0.39, 0.29) is 5.71 Å². The molecule has 1 aliphatic heterocycles. The molecule has 0 N–H and O–H groups in total. The molecule has 0 aromatic heterocycles. The van der Waals surface area contributed by atoms with E-state index >= 15 is 0 Å². The number of nitrogens with zero attached hydrogens (tertiary/aromatic N) is 1. The number of halogens is 1. The summed E-state index contributed by atoms with van der Waals surface area (Å²) < 4.78 is 10.9. The van der Waals surface area contributed by atoms with Crippen molar-refractivity contribution < 1.29 is 19.1 Å². The quantitative estimate of drug-likeness (QED) is 0.737. The highest BCUT2D eigenvalue weighted by atomic mass is 79.9. The maximum atomic E-state index is 13.2. The Labute approximate surface area is 153 Å². The number of methoxy groups -OCH3 is 2. The topological polar surface area (TPSA) is 65.0 Å². The van der Waals surface area contributed by atoms with Gasteiger partial charge in [0.25, 0.3) is 0 Å². The van der Waals surface area contributed by atoms with Gasteiger partial charge in [-0.2, -0.15) is 0 Å². The molecule has 0 aliphatic carbocycles. The van der Waals surface area contributed by atoms with Crippen LogP contribution in [0.1, 0.15) is 18.1 Å². The minimum absolute atomic E-state index is 0.206. The molecule has 0 saturated heterocycles. The molecule has 5 nitrogen and oxygen atoms in total. The van der Waals surface area contributed by atoms with E-state index in [1.165, 1.54) is 7.11 Å². The number of esters is 1. The molecule has 2 aromatic rings. The second-order valence-electron chi connectivity index (χ2n) is 5.80. The van der Waals surface area contributed by atoms with Gasteiger partial charge in [0.15, 0.2) is 5.71 Å². The van der Waals surface area contributed by atoms with Crippen molar-refractivity contribution >= 4 is 39.1 Å². The standard InChI is InChI=1S/C19H16BrNO4/c1-19(11-5-4-6-12(20)9-11)14-10-13(24-2)7-8-15(14)21-16(17(19)22)18(23)25-3/h4-10H,1-3H3. The molecule has 0 saturated carbocycles. The zero-order chi connectivity index (χ0) is 18.2. The predicted octanol–water partition coefficient (Wildman–Crippen LogP) is 3.59. The second-order valence-corrected chi connectivity index (χ2v) is 6.72. The van der Waals surface area contributed by atoms with Crippen LogP contribution in [0.4, 0.5) is 5.69 Å². The van der Waals surface area contributed by atoms with Gasteiger partial charge in [0, 0.05) is 4.47 Å². The van der Waals surface area contributed by atoms with Crippen LogP contribution in [0.2, 0.25) is 0 Å². The zero-order valence-corrected chi connectivity index (χ0v) is 15.6. The Morgan fingerprint density at radius 2 is 1.92 bits per heavy atom.